The highest BCUT2D eigenvalue weighted by Gasteiger charge is 2.47. The number of esters is 2. The fourth-order valence-corrected chi connectivity index (χ4v) is 5.78. The number of hydrogen-bond acceptors (Lipinski definition) is 7. The molecule has 1 aromatic carbocycles. The molecule has 0 unspecified atom stereocenters. The molecule has 36 heavy (non-hydrogen) atoms. The van der Waals surface area contributed by atoms with Crippen molar-refractivity contribution in [3.8, 4) is 5.75 Å². The topological polar surface area (TPSA) is 90.9 Å². The van der Waals surface area contributed by atoms with Gasteiger partial charge in [0.25, 0.3) is 0 Å². The number of carbonyl (C=O) groups excluding carboxylic acids is 3. The van der Waals surface area contributed by atoms with E-state index in [0.29, 0.717) is 35.6 Å². The van der Waals surface area contributed by atoms with Gasteiger partial charge in [0.15, 0.2) is 5.78 Å². The second-order valence-electron chi connectivity index (χ2n) is 10.1. The summed E-state index contributed by atoms with van der Waals surface area (Å²) in [6.45, 7) is 6.19. The van der Waals surface area contributed by atoms with Gasteiger partial charge in [0, 0.05) is 22.9 Å². The van der Waals surface area contributed by atoms with Crippen molar-refractivity contribution in [3.05, 3.63) is 52.4 Å². The summed E-state index contributed by atoms with van der Waals surface area (Å²) in [5.41, 5.74) is 3.10. The van der Waals surface area contributed by atoms with E-state index in [0.717, 1.165) is 49.8 Å². The summed E-state index contributed by atoms with van der Waals surface area (Å²) in [6.07, 6.45) is 6.50. The minimum absolute atomic E-state index is 0.124. The molecule has 2 aliphatic carbocycles. The standard InChI is InChI=1S/C29H37NO6/c1-5-35-20-14-12-19(13-15-20)25-24(29(33)36-21-10-8-6-7-9-11-21)18(3)30-22-16-17(2)23(28(32)34-4)27(31)26(22)25/h12-15,17,21,23,25,30H,5-11,16H2,1-4H3/t17-,23+,25-/m1/s1. The van der Waals surface area contributed by atoms with E-state index in [1.165, 1.54) is 7.11 Å². The number of benzene rings is 1. The van der Waals surface area contributed by atoms with Gasteiger partial charge in [-0.05, 0) is 69.6 Å². The number of allylic oxidation sites excluding steroid dienone is 3. The van der Waals surface area contributed by atoms with E-state index in [2.05, 4.69) is 5.32 Å². The molecular weight excluding hydrogens is 458 g/mol. The van der Waals surface area contributed by atoms with E-state index in [9.17, 15) is 14.4 Å². The Hall–Kier alpha value is -3.09. The van der Waals surface area contributed by atoms with Crippen LogP contribution in [0, 0.1) is 11.8 Å². The number of dihydropyridines is 1. The summed E-state index contributed by atoms with van der Waals surface area (Å²) in [5, 5.41) is 3.33. The zero-order chi connectivity index (χ0) is 25.8. The molecule has 0 amide bonds. The number of methoxy groups -OCH3 is 1. The third-order valence-electron chi connectivity index (χ3n) is 7.56. The Kier molecular flexibility index (Phi) is 8.17. The maximum Gasteiger partial charge on any atom is 0.337 e. The predicted octanol–water partition coefficient (Wildman–Crippen LogP) is 4.96. The number of ether oxygens (including phenoxy) is 3. The quantitative estimate of drug-likeness (QED) is 0.339. The SMILES string of the molecule is CCOc1ccc([C@@H]2C(C(=O)OC3CCCCCC3)=C(C)NC3=C2C(=O)[C@@H](C(=O)OC)[C@H](C)C3)cc1. The zero-order valence-corrected chi connectivity index (χ0v) is 21.7. The van der Waals surface area contributed by atoms with E-state index in [4.69, 9.17) is 14.2 Å². The van der Waals surface area contributed by atoms with Crippen LogP contribution in [0.3, 0.4) is 0 Å². The van der Waals surface area contributed by atoms with Gasteiger partial charge in [-0.15, -0.1) is 0 Å². The third kappa shape index (κ3) is 5.20. The van der Waals surface area contributed by atoms with E-state index in [-0.39, 0.29) is 17.8 Å². The normalized spacial score (nSPS) is 25.0. The highest BCUT2D eigenvalue weighted by molar-refractivity contribution is 6.12. The molecule has 1 heterocycles. The lowest BCUT2D eigenvalue weighted by molar-refractivity contribution is -0.151. The van der Waals surface area contributed by atoms with Gasteiger partial charge in [-0.3, -0.25) is 9.59 Å². The first-order valence-electron chi connectivity index (χ1n) is 13.1. The van der Waals surface area contributed by atoms with Crippen molar-refractivity contribution in [1.82, 2.24) is 5.32 Å². The van der Waals surface area contributed by atoms with Crippen LogP contribution in [-0.2, 0) is 23.9 Å². The van der Waals surface area contributed by atoms with Crippen LogP contribution >= 0.6 is 0 Å². The molecule has 1 aromatic rings. The lowest BCUT2D eigenvalue weighted by atomic mass is 9.69. The van der Waals surface area contributed by atoms with E-state index in [1.54, 1.807) is 0 Å². The van der Waals surface area contributed by atoms with Gasteiger partial charge in [0.2, 0.25) is 0 Å². The first-order chi connectivity index (χ1) is 17.3. The molecule has 194 valence electrons. The second-order valence-corrected chi connectivity index (χ2v) is 10.1. The average Bonchev–Trinajstić information content (AvgIpc) is 3.12. The molecule has 0 aromatic heterocycles. The molecule has 1 aliphatic heterocycles. The molecule has 1 fully saturated rings. The Bertz CT molecular complexity index is 1060. The minimum Gasteiger partial charge on any atom is -0.494 e. The van der Waals surface area contributed by atoms with Crippen LogP contribution in [0.1, 0.15) is 77.2 Å². The summed E-state index contributed by atoms with van der Waals surface area (Å²) >= 11 is 0. The van der Waals surface area contributed by atoms with Gasteiger partial charge < -0.3 is 19.5 Å². The first kappa shape index (κ1) is 26.0. The molecular formula is C29H37NO6. The van der Waals surface area contributed by atoms with Crippen molar-refractivity contribution >= 4 is 17.7 Å². The molecule has 0 bridgehead atoms. The van der Waals surface area contributed by atoms with Crippen molar-refractivity contribution in [2.24, 2.45) is 11.8 Å². The van der Waals surface area contributed by atoms with E-state index in [1.807, 2.05) is 45.0 Å². The smallest absolute Gasteiger partial charge is 0.337 e. The molecule has 1 N–H and O–H groups in total. The van der Waals surface area contributed by atoms with E-state index >= 15 is 0 Å². The Morgan fingerprint density at radius 3 is 2.33 bits per heavy atom. The highest BCUT2D eigenvalue weighted by atomic mass is 16.5. The summed E-state index contributed by atoms with van der Waals surface area (Å²) in [4.78, 5) is 40.1. The molecule has 1 saturated carbocycles. The van der Waals surface area contributed by atoms with Gasteiger partial charge in [0.05, 0.1) is 19.3 Å². The summed E-state index contributed by atoms with van der Waals surface area (Å²) in [7, 11) is 1.30. The molecule has 3 aliphatic rings. The van der Waals surface area contributed by atoms with Crippen molar-refractivity contribution in [2.75, 3.05) is 13.7 Å². The maximum atomic E-state index is 13.8. The highest BCUT2D eigenvalue weighted by Crippen LogP contribution is 2.46. The van der Waals surface area contributed by atoms with Gasteiger partial charge in [-0.25, -0.2) is 4.79 Å². The molecule has 0 radical (unpaired) electrons. The minimum atomic E-state index is -0.904. The van der Waals surface area contributed by atoms with Crippen LogP contribution in [0.4, 0.5) is 0 Å². The monoisotopic (exact) mass is 495 g/mol. The fraction of sp³-hybridized carbons (Fsp3) is 0.552. The van der Waals surface area contributed by atoms with Gasteiger partial charge in [-0.2, -0.15) is 0 Å². The van der Waals surface area contributed by atoms with Gasteiger partial charge in [-0.1, -0.05) is 31.9 Å². The Labute approximate surface area is 213 Å². The van der Waals surface area contributed by atoms with E-state index < -0.39 is 23.8 Å². The fourth-order valence-electron chi connectivity index (χ4n) is 5.78. The molecule has 7 nitrogen and oxygen atoms in total. The molecule has 0 spiro atoms. The van der Waals surface area contributed by atoms with Crippen molar-refractivity contribution in [1.29, 1.82) is 0 Å². The van der Waals surface area contributed by atoms with Crippen LogP contribution in [0.5, 0.6) is 5.75 Å². The summed E-state index contributed by atoms with van der Waals surface area (Å²) in [5.74, 6) is -2.29. The predicted molar refractivity (Wildman–Crippen MR) is 135 cm³/mol. The number of ketones is 1. The molecule has 7 heteroatoms. The van der Waals surface area contributed by atoms with Crippen LogP contribution in [-0.4, -0.2) is 37.5 Å². The van der Waals surface area contributed by atoms with Crippen LogP contribution < -0.4 is 10.1 Å². The second kappa shape index (κ2) is 11.3. The van der Waals surface area contributed by atoms with Gasteiger partial charge >= 0.3 is 11.9 Å². The van der Waals surface area contributed by atoms with Crippen molar-refractivity contribution in [2.45, 2.75) is 77.7 Å². The first-order valence-corrected chi connectivity index (χ1v) is 13.1. The third-order valence-corrected chi connectivity index (χ3v) is 7.56. The lowest BCUT2D eigenvalue weighted by Crippen LogP contribution is -2.43. The zero-order valence-electron chi connectivity index (χ0n) is 21.7. The number of carbonyl (C=O) groups is 3. The van der Waals surface area contributed by atoms with Crippen LogP contribution in [0.25, 0.3) is 0 Å². The largest absolute Gasteiger partial charge is 0.494 e. The van der Waals surface area contributed by atoms with Crippen LogP contribution in [0.2, 0.25) is 0 Å². The number of nitrogens with one attached hydrogen (secondary N) is 1. The lowest BCUT2D eigenvalue weighted by Gasteiger charge is -2.38. The Morgan fingerprint density at radius 1 is 1.06 bits per heavy atom. The number of rotatable bonds is 6. The Balaban J connectivity index is 1.76. The average molecular weight is 496 g/mol. The summed E-state index contributed by atoms with van der Waals surface area (Å²) in [6, 6.07) is 7.46. The molecule has 0 saturated heterocycles. The number of hydrogen-bond donors (Lipinski definition) is 1. The van der Waals surface area contributed by atoms with Gasteiger partial charge in [0.1, 0.15) is 17.8 Å². The molecule has 4 rings (SSSR count). The van der Waals surface area contributed by atoms with Crippen molar-refractivity contribution in [3.63, 3.8) is 0 Å². The number of Topliss-reactive ketones (excluding diaryl/α,β-unsaturated/α-hetero) is 1. The molecule has 3 atom stereocenters. The Morgan fingerprint density at radius 2 is 1.72 bits per heavy atom. The summed E-state index contributed by atoms with van der Waals surface area (Å²) < 4.78 is 16.6. The maximum absolute atomic E-state index is 13.8. The van der Waals surface area contributed by atoms with Crippen LogP contribution in [0.15, 0.2) is 46.8 Å². The van der Waals surface area contributed by atoms with Crippen molar-refractivity contribution < 1.29 is 28.6 Å².